The molecule has 3 aromatic carbocycles. The first-order valence-corrected chi connectivity index (χ1v) is 12.2. The van der Waals surface area contributed by atoms with Gasteiger partial charge < -0.3 is 4.98 Å². The molecule has 0 atom stereocenters. The van der Waals surface area contributed by atoms with Crippen LogP contribution in [-0.2, 0) is 15.6 Å². The van der Waals surface area contributed by atoms with Gasteiger partial charge in [-0.15, -0.1) is 0 Å². The maximum absolute atomic E-state index is 15.5. The molecule has 5 aromatic rings. The van der Waals surface area contributed by atoms with Gasteiger partial charge in [0.05, 0.1) is 21.7 Å². The van der Waals surface area contributed by atoms with E-state index in [1.54, 1.807) is 49.6 Å². The molecule has 0 saturated heterocycles. The Kier molecular flexibility index (Phi) is 5.45. The Balaban J connectivity index is 1.56. The minimum atomic E-state index is -3.93. The molecule has 0 bridgehead atoms. The lowest BCUT2D eigenvalue weighted by atomic mass is 10.00. The number of nitrogens with zero attached hydrogens (tertiary/aromatic N) is 2. The van der Waals surface area contributed by atoms with Crippen molar-refractivity contribution >= 4 is 32.3 Å². The Hall–Kier alpha value is -3.56. The normalized spacial score (nSPS) is 11.9. The van der Waals surface area contributed by atoms with Gasteiger partial charge in [-0.05, 0) is 48.4 Å². The molecule has 2 heterocycles. The lowest BCUT2D eigenvalue weighted by Gasteiger charge is -2.12. The Morgan fingerprint density at radius 3 is 2.65 bits per heavy atom. The van der Waals surface area contributed by atoms with Crippen molar-refractivity contribution in [2.45, 2.75) is 17.6 Å². The second-order valence-electron chi connectivity index (χ2n) is 7.83. The number of H-pyrrole nitrogens is 2. The molecule has 0 aliphatic heterocycles. The molecular formula is C24H17ClF2N4O2S. The maximum Gasteiger partial charge on any atom is 0.182 e. The molecule has 0 aliphatic rings. The fraction of sp³-hybridized carbons (Fsp3) is 0.0833. The zero-order valence-electron chi connectivity index (χ0n) is 17.7. The van der Waals surface area contributed by atoms with E-state index >= 15 is 4.39 Å². The van der Waals surface area contributed by atoms with Gasteiger partial charge in [0.15, 0.2) is 15.7 Å². The summed E-state index contributed by atoms with van der Waals surface area (Å²) in [5.74, 6) is -1.82. The van der Waals surface area contributed by atoms with E-state index in [0.717, 1.165) is 17.5 Å². The van der Waals surface area contributed by atoms with Gasteiger partial charge in [-0.25, -0.2) is 22.2 Å². The molecule has 5 rings (SSSR count). The topological polar surface area (TPSA) is 91.5 Å². The lowest BCUT2D eigenvalue weighted by Crippen LogP contribution is -2.09. The molecular weight excluding hydrogens is 482 g/mol. The third-order valence-corrected chi connectivity index (χ3v) is 7.61. The summed E-state index contributed by atoms with van der Waals surface area (Å²) < 4.78 is 56.3. The number of aryl methyl sites for hydroxylation is 1. The van der Waals surface area contributed by atoms with E-state index in [4.69, 9.17) is 11.6 Å². The van der Waals surface area contributed by atoms with Gasteiger partial charge in [-0.3, -0.25) is 5.10 Å². The van der Waals surface area contributed by atoms with E-state index < -0.39 is 27.2 Å². The molecule has 2 N–H and O–H groups in total. The highest BCUT2D eigenvalue weighted by atomic mass is 35.5. The van der Waals surface area contributed by atoms with Crippen molar-refractivity contribution in [3.8, 4) is 22.6 Å². The maximum atomic E-state index is 15.5. The van der Waals surface area contributed by atoms with Crippen LogP contribution in [0.4, 0.5) is 8.78 Å². The molecule has 0 amide bonds. The lowest BCUT2D eigenvalue weighted by molar-refractivity contribution is 0.574. The summed E-state index contributed by atoms with van der Waals surface area (Å²) in [6.45, 7) is 1.63. The number of nitrogens with one attached hydrogen (secondary N) is 2. The van der Waals surface area contributed by atoms with Crippen LogP contribution >= 0.6 is 11.6 Å². The van der Waals surface area contributed by atoms with Gasteiger partial charge in [-0.1, -0.05) is 29.8 Å². The average molecular weight is 499 g/mol. The Labute approximate surface area is 198 Å². The molecule has 172 valence electrons. The number of halogens is 3. The van der Waals surface area contributed by atoms with Gasteiger partial charge >= 0.3 is 0 Å². The number of aromatic amines is 2. The van der Waals surface area contributed by atoms with Crippen LogP contribution in [-0.4, -0.2) is 28.6 Å². The standard InChI is InChI=1S/C24H17ClF2N4O2S/c1-13-2-5-16(25)11-20(13)34(32,33)12-15-4-7-18(26)21(22(15)27)14-3-6-17-19(10-14)30-31-23(17)24-28-8-9-29-24/h2-11H,12H2,1H3,(H,28,29)(H,30,31). The summed E-state index contributed by atoms with van der Waals surface area (Å²) in [6.07, 6.45) is 3.26. The Morgan fingerprint density at radius 2 is 1.88 bits per heavy atom. The average Bonchev–Trinajstić information content (AvgIpc) is 3.47. The molecule has 2 aromatic heterocycles. The SMILES string of the molecule is Cc1ccc(Cl)cc1S(=O)(=O)Cc1ccc(F)c(-c2ccc3c(-c4ncc[nH]4)n[nH]c3c2)c1F. The first-order chi connectivity index (χ1) is 16.2. The molecule has 0 spiro atoms. The summed E-state index contributed by atoms with van der Waals surface area (Å²) in [4.78, 5) is 7.15. The number of hydrogen-bond donors (Lipinski definition) is 2. The quantitative estimate of drug-likeness (QED) is 0.319. The van der Waals surface area contributed by atoms with Crippen LogP contribution in [0.5, 0.6) is 0 Å². The molecule has 0 aliphatic carbocycles. The number of hydrogen-bond acceptors (Lipinski definition) is 4. The zero-order chi connectivity index (χ0) is 24.0. The molecule has 6 nitrogen and oxygen atoms in total. The second kappa shape index (κ2) is 8.34. The van der Waals surface area contributed by atoms with Crippen molar-refractivity contribution in [2.24, 2.45) is 0 Å². The molecule has 0 unspecified atom stereocenters. The van der Waals surface area contributed by atoms with Crippen molar-refractivity contribution in [2.75, 3.05) is 0 Å². The molecule has 0 radical (unpaired) electrons. The fourth-order valence-corrected chi connectivity index (χ4v) is 5.80. The largest absolute Gasteiger partial charge is 0.343 e. The molecule has 10 heteroatoms. The number of fused-ring (bicyclic) bond motifs is 1. The predicted octanol–water partition coefficient (Wildman–Crippen LogP) is 5.83. The smallest absolute Gasteiger partial charge is 0.182 e. The van der Waals surface area contributed by atoms with Crippen molar-refractivity contribution in [3.63, 3.8) is 0 Å². The van der Waals surface area contributed by atoms with E-state index in [1.807, 2.05) is 0 Å². The van der Waals surface area contributed by atoms with Crippen LogP contribution in [0.25, 0.3) is 33.5 Å². The van der Waals surface area contributed by atoms with E-state index in [1.165, 1.54) is 6.07 Å². The van der Waals surface area contributed by atoms with Crippen molar-refractivity contribution in [1.82, 2.24) is 20.2 Å². The summed E-state index contributed by atoms with van der Waals surface area (Å²) >= 11 is 5.96. The van der Waals surface area contributed by atoms with Crippen molar-refractivity contribution in [1.29, 1.82) is 0 Å². The Morgan fingerprint density at radius 1 is 1.06 bits per heavy atom. The molecule has 34 heavy (non-hydrogen) atoms. The van der Waals surface area contributed by atoms with Crippen LogP contribution in [0.1, 0.15) is 11.1 Å². The highest BCUT2D eigenvalue weighted by molar-refractivity contribution is 7.90. The predicted molar refractivity (Wildman–Crippen MR) is 126 cm³/mol. The number of benzene rings is 3. The first-order valence-electron chi connectivity index (χ1n) is 10.2. The highest BCUT2D eigenvalue weighted by Crippen LogP contribution is 2.34. The Bertz CT molecular complexity index is 1650. The fourth-order valence-electron chi connectivity index (χ4n) is 3.91. The number of rotatable bonds is 5. The van der Waals surface area contributed by atoms with Crippen LogP contribution < -0.4 is 0 Å². The van der Waals surface area contributed by atoms with Crippen LogP contribution in [0, 0.1) is 18.6 Å². The van der Waals surface area contributed by atoms with E-state index in [2.05, 4.69) is 20.2 Å². The van der Waals surface area contributed by atoms with Crippen molar-refractivity contribution in [3.05, 3.63) is 88.7 Å². The summed E-state index contributed by atoms with van der Waals surface area (Å²) in [6, 6.07) is 11.5. The van der Waals surface area contributed by atoms with Crippen LogP contribution in [0.3, 0.4) is 0 Å². The van der Waals surface area contributed by atoms with Gasteiger partial charge in [0.2, 0.25) is 0 Å². The van der Waals surface area contributed by atoms with Crippen LogP contribution in [0.2, 0.25) is 5.02 Å². The van der Waals surface area contributed by atoms with E-state index in [0.29, 0.717) is 22.6 Å². The minimum absolute atomic E-state index is 0.00890. The summed E-state index contributed by atoms with van der Waals surface area (Å²) in [5, 5.41) is 8.06. The zero-order valence-corrected chi connectivity index (χ0v) is 19.3. The van der Waals surface area contributed by atoms with Gasteiger partial charge in [0, 0.05) is 28.4 Å². The molecule has 0 saturated carbocycles. The third-order valence-electron chi connectivity index (χ3n) is 5.58. The monoisotopic (exact) mass is 498 g/mol. The second-order valence-corrected chi connectivity index (χ2v) is 10.2. The molecule has 0 fully saturated rings. The van der Waals surface area contributed by atoms with Gasteiger partial charge in [0.25, 0.3) is 0 Å². The van der Waals surface area contributed by atoms with E-state index in [9.17, 15) is 12.8 Å². The summed E-state index contributed by atoms with van der Waals surface area (Å²) in [5.41, 5.74) is 1.40. The number of imidazole rings is 1. The third kappa shape index (κ3) is 3.86. The first kappa shape index (κ1) is 22.2. The highest BCUT2D eigenvalue weighted by Gasteiger charge is 2.24. The van der Waals surface area contributed by atoms with Gasteiger partial charge in [-0.2, -0.15) is 5.10 Å². The van der Waals surface area contributed by atoms with Crippen molar-refractivity contribution < 1.29 is 17.2 Å². The minimum Gasteiger partial charge on any atom is -0.343 e. The number of sulfone groups is 1. The number of aromatic nitrogens is 4. The van der Waals surface area contributed by atoms with E-state index in [-0.39, 0.29) is 26.6 Å². The summed E-state index contributed by atoms with van der Waals surface area (Å²) in [7, 11) is -3.93. The van der Waals surface area contributed by atoms with Crippen LogP contribution in [0.15, 0.2) is 65.8 Å². The van der Waals surface area contributed by atoms with Gasteiger partial charge in [0.1, 0.15) is 17.3 Å².